The number of benzene rings is 1. The summed E-state index contributed by atoms with van der Waals surface area (Å²) < 4.78 is 0. The molecule has 0 bridgehead atoms. The summed E-state index contributed by atoms with van der Waals surface area (Å²) in [7, 11) is 0. The van der Waals surface area contributed by atoms with Crippen LogP contribution in [0.3, 0.4) is 0 Å². The maximum absolute atomic E-state index is 6.05. The molecule has 3 nitrogen and oxygen atoms in total. The molecular formula is C19H21N3S2. The van der Waals surface area contributed by atoms with Gasteiger partial charge in [0, 0.05) is 30.9 Å². The van der Waals surface area contributed by atoms with Crippen molar-refractivity contribution in [2.24, 2.45) is 11.7 Å². The lowest BCUT2D eigenvalue weighted by Crippen LogP contribution is -2.23. The molecule has 0 saturated carbocycles. The Morgan fingerprint density at radius 2 is 1.96 bits per heavy atom. The quantitative estimate of drug-likeness (QED) is 0.751. The first-order valence-corrected chi connectivity index (χ1v) is 10.0. The first-order chi connectivity index (χ1) is 11.8. The number of thiazole rings is 1. The average molecular weight is 356 g/mol. The number of nitrogens with two attached hydrogens (primary N) is 1. The lowest BCUT2D eigenvalue weighted by molar-refractivity contribution is 0.314. The van der Waals surface area contributed by atoms with Crippen LogP contribution in [-0.2, 0) is 6.54 Å². The van der Waals surface area contributed by atoms with Gasteiger partial charge in [-0.3, -0.25) is 4.90 Å². The molecule has 1 aliphatic heterocycles. The SMILES string of the molecule is NC[C@@H]1CN(Cc2csc(-c3cccs3)n2)C[C@H]1c1ccccc1. The number of likely N-dealkylation sites (tertiary alicyclic amines) is 1. The minimum absolute atomic E-state index is 0.530. The van der Waals surface area contributed by atoms with E-state index in [1.165, 1.54) is 16.1 Å². The van der Waals surface area contributed by atoms with E-state index in [1.54, 1.807) is 22.7 Å². The molecule has 0 unspecified atom stereocenters. The summed E-state index contributed by atoms with van der Waals surface area (Å²) in [6, 6.07) is 15.0. The van der Waals surface area contributed by atoms with Crippen molar-refractivity contribution in [3.8, 4) is 9.88 Å². The van der Waals surface area contributed by atoms with Gasteiger partial charge in [-0.25, -0.2) is 4.98 Å². The van der Waals surface area contributed by atoms with Crippen molar-refractivity contribution >= 4 is 22.7 Å². The summed E-state index contributed by atoms with van der Waals surface area (Å²) in [6.45, 7) is 3.79. The van der Waals surface area contributed by atoms with E-state index in [2.05, 4.69) is 58.1 Å². The van der Waals surface area contributed by atoms with Crippen LogP contribution in [0.5, 0.6) is 0 Å². The van der Waals surface area contributed by atoms with Crippen LogP contribution in [-0.4, -0.2) is 29.5 Å². The van der Waals surface area contributed by atoms with Gasteiger partial charge in [0.05, 0.1) is 10.6 Å². The summed E-state index contributed by atoms with van der Waals surface area (Å²) in [5.74, 6) is 1.06. The second kappa shape index (κ2) is 7.15. The molecule has 2 N–H and O–H groups in total. The number of hydrogen-bond donors (Lipinski definition) is 1. The summed E-state index contributed by atoms with van der Waals surface area (Å²) in [5.41, 5.74) is 8.63. The Hall–Kier alpha value is -1.53. The zero-order valence-corrected chi connectivity index (χ0v) is 15.1. The monoisotopic (exact) mass is 355 g/mol. The van der Waals surface area contributed by atoms with Crippen LogP contribution in [0.15, 0.2) is 53.2 Å². The third-order valence-corrected chi connectivity index (χ3v) is 6.65. The third-order valence-electron chi connectivity index (χ3n) is 4.72. The van der Waals surface area contributed by atoms with E-state index in [0.717, 1.165) is 31.2 Å². The molecule has 2 atom stereocenters. The van der Waals surface area contributed by atoms with Crippen molar-refractivity contribution in [3.63, 3.8) is 0 Å². The first-order valence-electron chi connectivity index (χ1n) is 8.29. The van der Waals surface area contributed by atoms with Crippen LogP contribution < -0.4 is 5.73 Å². The Kier molecular flexibility index (Phi) is 4.76. The number of rotatable bonds is 5. The van der Waals surface area contributed by atoms with Crippen LogP contribution in [0.25, 0.3) is 9.88 Å². The molecule has 1 saturated heterocycles. The number of hydrogen-bond acceptors (Lipinski definition) is 5. The highest BCUT2D eigenvalue weighted by Gasteiger charge is 2.32. The largest absolute Gasteiger partial charge is 0.330 e. The molecule has 3 heterocycles. The van der Waals surface area contributed by atoms with Crippen LogP contribution >= 0.6 is 22.7 Å². The lowest BCUT2D eigenvalue weighted by atomic mass is 9.89. The predicted octanol–water partition coefficient (Wildman–Crippen LogP) is 4.05. The van der Waals surface area contributed by atoms with Crippen molar-refractivity contribution in [3.05, 3.63) is 64.5 Å². The summed E-state index contributed by atoms with van der Waals surface area (Å²) >= 11 is 3.49. The van der Waals surface area contributed by atoms with Crippen LogP contribution in [0.4, 0.5) is 0 Å². The maximum atomic E-state index is 6.05. The van der Waals surface area contributed by atoms with Crippen LogP contribution in [0.1, 0.15) is 17.2 Å². The van der Waals surface area contributed by atoms with Gasteiger partial charge in [0.2, 0.25) is 0 Å². The van der Waals surface area contributed by atoms with Gasteiger partial charge >= 0.3 is 0 Å². The number of thiophene rings is 1. The molecule has 5 heteroatoms. The number of nitrogens with zero attached hydrogens (tertiary/aromatic N) is 2. The van der Waals surface area contributed by atoms with E-state index in [1.807, 2.05) is 0 Å². The highest BCUT2D eigenvalue weighted by Crippen LogP contribution is 2.34. The zero-order chi connectivity index (χ0) is 16.4. The van der Waals surface area contributed by atoms with Crippen LogP contribution in [0, 0.1) is 5.92 Å². The van der Waals surface area contributed by atoms with Crippen molar-refractivity contribution < 1.29 is 0 Å². The molecule has 3 aromatic rings. The highest BCUT2D eigenvalue weighted by atomic mass is 32.1. The maximum Gasteiger partial charge on any atom is 0.133 e. The highest BCUT2D eigenvalue weighted by molar-refractivity contribution is 7.20. The van der Waals surface area contributed by atoms with Crippen molar-refractivity contribution in [2.75, 3.05) is 19.6 Å². The molecule has 0 radical (unpaired) electrons. The molecule has 1 aromatic carbocycles. The molecule has 4 rings (SSSR count). The summed E-state index contributed by atoms with van der Waals surface area (Å²) in [4.78, 5) is 8.58. The Morgan fingerprint density at radius 3 is 2.71 bits per heavy atom. The van der Waals surface area contributed by atoms with Gasteiger partial charge in [0.15, 0.2) is 0 Å². The molecule has 0 aliphatic carbocycles. The minimum Gasteiger partial charge on any atom is -0.330 e. The summed E-state index contributed by atoms with van der Waals surface area (Å²) in [5, 5.41) is 5.43. The Labute approximate surface area is 150 Å². The molecule has 2 aromatic heterocycles. The van der Waals surface area contributed by atoms with Crippen LogP contribution in [0.2, 0.25) is 0 Å². The predicted molar refractivity (Wildman–Crippen MR) is 102 cm³/mol. The molecule has 0 amide bonds. The third kappa shape index (κ3) is 3.30. The lowest BCUT2D eigenvalue weighted by Gasteiger charge is -2.16. The first kappa shape index (κ1) is 16.0. The van der Waals surface area contributed by atoms with E-state index >= 15 is 0 Å². The normalized spacial score (nSPS) is 21.4. The smallest absolute Gasteiger partial charge is 0.133 e. The van der Waals surface area contributed by atoms with Gasteiger partial charge in [0.25, 0.3) is 0 Å². The Balaban J connectivity index is 1.46. The number of aromatic nitrogens is 1. The Bertz CT molecular complexity index is 767. The molecule has 1 aliphatic rings. The van der Waals surface area contributed by atoms with Crippen molar-refractivity contribution in [1.29, 1.82) is 0 Å². The summed E-state index contributed by atoms with van der Waals surface area (Å²) in [6.07, 6.45) is 0. The van der Waals surface area contributed by atoms with E-state index in [4.69, 9.17) is 10.7 Å². The molecule has 0 spiro atoms. The molecular weight excluding hydrogens is 334 g/mol. The zero-order valence-electron chi connectivity index (χ0n) is 13.5. The van der Waals surface area contributed by atoms with E-state index in [0.29, 0.717) is 11.8 Å². The van der Waals surface area contributed by atoms with E-state index < -0.39 is 0 Å². The fourth-order valence-electron chi connectivity index (χ4n) is 3.53. The fraction of sp³-hybridized carbons (Fsp3) is 0.316. The molecule has 24 heavy (non-hydrogen) atoms. The van der Waals surface area contributed by atoms with Gasteiger partial charge in [-0.15, -0.1) is 22.7 Å². The second-order valence-electron chi connectivity index (χ2n) is 6.33. The molecule has 124 valence electrons. The standard InChI is InChI=1S/C19H21N3S2/c20-9-15-10-22(12-17(15)14-5-2-1-3-6-14)11-16-13-24-19(21-16)18-7-4-8-23-18/h1-8,13,15,17H,9-12,20H2/t15-,17+/m1/s1. The van der Waals surface area contributed by atoms with Gasteiger partial charge in [-0.1, -0.05) is 36.4 Å². The minimum atomic E-state index is 0.530. The van der Waals surface area contributed by atoms with E-state index in [-0.39, 0.29) is 0 Å². The van der Waals surface area contributed by atoms with Crippen molar-refractivity contribution in [2.45, 2.75) is 12.5 Å². The second-order valence-corrected chi connectivity index (χ2v) is 8.13. The van der Waals surface area contributed by atoms with Gasteiger partial charge in [0.1, 0.15) is 5.01 Å². The van der Waals surface area contributed by atoms with Crippen molar-refractivity contribution in [1.82, 2.24) is 9.88 Å². The van der Waals surface area contributed by atoms with Gasteiger partial charge in [-0.2, -0.15) is 0 Å². The van der Waals surface area contributed by atoms with Gasteiger partial charge in [-0.05, 0) is 29.5 Å². The topological polar surface area (TPSA) is 42.1 Å². The molecule has 1 fully saturated rings. The average Bonchev–Trinajstić information content (AvgIpc) is 3.36. The van der Waals surface area contributed by atoms with E-state index in [9.17, 15) is 0 Å². The fourth-order valence-corrected chi connectivity index (χ4v) is 5.15. The Morgan fingerprint density at radius 1 is 1.08 bits per heavy atom. The van der Waals surface area contributed by atoms with Gasteiger partial charge < -0.3 is 5.73 Å².